The molecule has 0 saturated carbocycles. The molecule has 5 heteroatoms. The number of aliphatic carboxylic acids is 1. The van der Waals surface area contributed by atoms with Crippen LogP contribution in [0.3, 0.4) is 0 Å². The van der Waals surface area contributed by atoms with Crippen LogP contribution in [0, 0.1) is 0 Å². The van der Waals surface area contributed by atoms with Crippen molar-refractivity contribution in [2.24, 2.45) is 0 Å². The lowest BCUT2D eigenvalue weighted by Gasteiger charge is -1.92. The predicted octanol–water partition coefficient (Wildman–Crippen LogP) is 0.491. The number of rotatable bonds is 5. The van der Waals surface area contributed by atoms with E-state index in [0.717, 1.165) is 0 Å². The number of oxazole rings is 1. The van der Waals surface area contributed by atoms with Gasteiger partial charge in [-0.2, -0.15) is 0 Å². The van der Waals surface area contributed by atoms with E-state index in [9.17, 15) is 4.79 Å². The van der Waals surface area contributed by atoms with Crippen LogP contribution in [-0.2, 0) is 22.4 Å². The van der Waals surface area contributed by atoms with Crippen molar-refractivity contribution in [1.82, 2.24) is 4.98 Å². The maximum Gasteiger partial charge on any atom is 0.311 e. The van der Waals surface area contributed by atoms with Crippen LogP contribution < -0.4 is 0 Å². The van der Waals surface area contributed by atoms with Gasteiger partial charge in [0.1, 0.15) is 12.2 Å². The zero-order valence-electron chi connectivity index (χ0n) is 7.32. The molecule has 0 spiro atoms. The second-order valence-corrected chi connectivity index (χ2v) is 2.53. The SMILES string of the molecule is COCCc1ncc(CC(=O)O)o1. The average molecular weight is 185 g/mol. The smallest absolute Gasteiger partial charge is 0.311 e. The maximum absolute atomic E-state index is 10.3. The highest BCUT2D eigenvalue weighted by atomic mass is 16.5. The topological polar surface area (TPSA) is 72.6 Å². The molecule has 0 aliphatic heterocycles. The van der Waals surface area contributed by atoms with E-state index >= 15 is 0 Å². The largest absolute Gasteiger partial charge is 0.481 e. The van der Waals surface area contributed by atoms with Gasteiger partial charge in [-0.15, -0.1) is 0 Å². The number of carboxylic acid groups (broad SMARTS) is 1. The van der Waals surface area contributed by atoms with Gasteiger partial charge in [0.15, 0.2) is 5.89 Å². The Labute approximate surface area is 75.3 Å². The molecule has 0 bridgehead atoms. The summed E-state index contributed by atoms with van der Waals surface area (Å²) in [6.07, 6.45) is 1.87. The van der Waals surface area contributed by atoms with Gasteiger partial charge in [0.25, 0.3) is 0 Å². The summed E-state index contributed by atoms with van der Waals surface area (Å²) in [6, 6.07) is 0. The molecule has 1 aromatic heterocycles. The van der Waals surface area contributed by atoms with E-state index < -0.39 is 5.97 Å². The normalized spacial score (nSPS) is 10.2. The monoisotopic (exact) mass is 185 g/mol. The van der Waals surface area contributed by atoms with Crippen molar-refractivity contribution in [3.8, 4) is 0 Å². The first-order valence-electron chi connectivity index (χ1n) is 3.86. The van der Waals surface area contributed by atoms with Crippen molar-refractivity contribution in [3.05, 3.63) is 17.8 Å². The zero-order valence-corrected chi connectivity index (χ0v) is 7.32. The zero-order chi connectivity index (χ0) is 9.68. The molecule has 1 rings (SSSR count). The first kappa shape index (κ1) is 9.73. The highest BCUT2D eigenvalue weighted by Crippen LogP contribution is 2.05. The molecule has 13 heavy (non-hydrogen) atoms. The van der Waals surface area contributed by atoms with Crippen molar-refractivity contribution in [1.29, 1.82) is 0 Å². The fourth-order valence-electron chi connectivity index (χ4n) is 0.884. The summed E-state index contributed by atoms with van der Waals surface area (Å²) in [5.41, 5.74) is 0. The van der Waals surface area contributed by atoms with Crippen molar-refractivity contribution in [2.45, 2.75) is 12.8 Å². The lowest BCUT2D eigenvalue weighted by molar-refractivity contribution is -0.136. The van der Waals surface area contributed by atoms with Crippen LogP contribution in [0.2, 0.25) is 0 Å². The molecule has 0 aliphatic carbocycles. The Bertz CT molecular complexity index is 281. The van der Waals surface area contributed by atoms with Crippen molar-refractivity contribution in [3.63, 3.8) is 0 Å². The van der Waals surface area contributed by atoms with Crippen LogP contribution in [0.1, 0.15) is 11.7 Å². The van der Waals surface area contributed by atoms with E-state index in [1.807, 2.05) is 0 Å². The van der Waals surface area contributed by atoms with Crippen LogP contribution in [-0.4, -0.2) is 29.8 Å². The quantitative estimate of drug-likeness (QED) is 0.722. The standard InChI is InChI=1S/C8H11NO4/c1-12-3-2-7-9-5-6(13-7)4-8(10)11/h5H,2-4H2,1H3,(H,10,11). The van der Waals surface area contributed by atoms with Crippen LogP contribution in [0.25, 0.3) is 0 Å². The lowest BCUT2D eigenvalue weighted by atomic mass is 10.4. The number of hydrogen-bond donors (Lipinski definition) is 1. The maximum atomic E-state index is 10.3. The van der Waals surface area contributed by atoms with Crippen molar-refractivity contribution < 1.29 is 19.1 Å². The fraction of sp³-hybridized carbons (Fsp3) is 0.500. The highest BCUT2D eigenvalue weighted by Gasteiger charge is 2.06. The Kier molecular flexibility index (Phi) is 3.45. The van der Waals surface area contributed by atoms with Crippen LogP contribution in [0.15, 0.2) is 10.6 Å². The van der Waals surface area contributed by atoms with Gasteiger partial charge in [-0.25, -0.2) is 4.98 Å². The Morgan fingerprint density at radius 1 is 1.77 bits per heavy atom. The van der Waals surface area contributed by atoms with E-state index in [4.69, 9.17) is 14.3 Å². The molecule has 0 amide bonds. The summed E-state index contributed by atoms with van der Waals surface area (Å²) >= 11 is 0. The summed E-state index contributed by atoms with van der Waals surface area (Å²) in [5.74, 6) is -0.0360. The van der Waals surface area contributed by atoms with Gasteiger partial charge in [0, 0.05) is 13.5 Å². The van der Waals surface area contributed by atoms with Crippen LogP contribution >= 0.6 is 0 Å². The molecule has 0 aliphatic rings. The molecule has 0 atom stereocenters. The Balaban J connectivity index is 2.48. The van der Waals surface area contributed by atoms with E-state index in [-0.39, 0.29) is 6.42 Å². The van der Waals surface area contributed by atoms with Crippen LogP contribution in [0.5, 0.6) is 0 Å². The van der Waals surface area contributed by atoms with Gasteiger partial charge in [0.2, 0.25) is 0 Å². The van der Waals surface area contributed by atoms with E-state index in [1.54, 1.807) is 7.11 Å². The van der Waals surface area contributed by atoms with E-state index in [1.165, 1.54) is 6.20 Å². The highest BCUT2D eigenvalue weighted by molar-refractivity contribution is 5.69. The molecular weight excluding hydrogens is 174 g/mol. The van der Waals surface area contributed by atoms with Crippen molar-refractivity contribution >= 4 is 5.97 Å². The number of carboxylic acids is 1. The molecule has 0 radical (unpaired) electrons. The Morgan fingerprint density at radius 2 is 2.54 bits per heavy atom. The second kappa shape index (κ2) is 4.61. The minimum atomic E-state index is -0.922. The van der Waals surface area contributed by atoms with E-state index in [0.29, 0.717) is 24.7 Å². The third kappa shape index (κ3) is 3.25. The third-order valence-corrected chi connectivity index (χ3v) is 1.45. The molecule has 1 N–H and O–H groups in total. The molecule has 5 nitrogen and oxygen atoms in total. The summed E-state index contributed by atoms with van der Waals surface area (Å²) in [5, 5.41) is 8.44. The second-order valence-electron chi connectivity index (χ2n) is 2.53. The van der Waals surface area contributed by atoms with Gasteiger partial charge in [-0.1, -0.05) is 0 Å². The number of carbonyl (C=O) groups is 1. The third-order valence-electron chi connectivity index (χ3n) is 1.45. The molecule has 0 aromatic carbocycles. The number of aromatic nitrogens is 1. The minimum absolute atomic E-state index is 0.125. The fourth-order valence-corrected chi connectivity index (χ4v) is 0.884. The molecule has 1 heterocycles. The summed E-state index contributed by atoms with van der Waals surface area (Å²) < 4.78 is 9.94. The number of ether oxygens (including phenoxy) is 1. The summed E-state index contributed by atoms with van der Waals surface area (Å²) in [4.78, 5) is 14.2. The number of nitrogens with zero attached hydrogens (tertiary/aromatic N) is 1. The number of methoxy groups -OCH3 is 1. The Morgan fingerprint density at radius 3 is 3.15 bits per heavy atom. The molecule has 0 fully saturated rings. The number of hydrogen-bond acceptors (Lipinski definition) is 4. The first-order chi connectivity index (χ1) is 6.22. The molecule has 0 saturated heterocycles. The van der Waals surface area contributed by atoms with Gasteiger partial charge in [-0.05, 0) is 0 Å². The van der Waals surface area contributed by atoms with Gasteiger partial charge >= 0.3 is 5.97 Å². The Hall–Kier alpha value is -1.36. The molecule has 72 valence electrons. The lowest BCUT2D eigenvalue weighted by Crippen LogP contribution is -1.98. The van der Waals surface area contributed by atoms with Gasteiger partial charge in [-0.3, -0.25) is 4.79 Å². The van der Waals surface area contributed by atoms with Gasteiger partial charge < -0.3 is 14.3 Å². The molecule has 1 aromatic rings. The molecular formula is C8H11NO4. The van der Waals surface area contributed by atoms with Crippen molar-refractivity contribution in [2.75, 3.05) is 13.7 Å². The molecule has 0 unspecified atom stereocenters. The van der Waals surface area contributed by atoms with Gasteiger partial charge in [0.05, 0.1) is 12.8 Å². The average Bonchev–Trinajstić information content (AvgIpc) is 2.48. The van der Waals surface area contributed by atoms with E-state index in [2.05, 4.69) is 4.98 Å². The van der Waals surface area contributed by atoms with Crippen LogP contribution in [0.4, 0.5) is 0 Å². The summed E-state index contributed by atoms with van der Waals surface area (Å²) in [6.45, 7) is 0.521. The summed E-state index contributed by atoms with van der Waals surface area (Å²) in [7, 11) is 1.58. The first-order valence-corrected chi connectivity index (χ1v) is 3.86. The predicted molar refractivity (Wildman–Crippen MR) is 43.4 cm³/mol. The minimum Gasteiger partial charge on any atom is -0.481 e.